The summed E-state index contributed by atoms with van der Waals surface area (Å²) in [4.78, 5) is 21.9. The lowest BCUT2D eigenvalue weighted by Crippen LogP contribution is -2.48. The predicted molar refractivity (Wildman–Crippen MR) is 97.5 cm³/mol. The summed E-state index contributed by atoms with van der Waals surface area (Å²) in [5.41, 5.74) is 1.65. The molecule has 2 aliphatic rings. The number of thiazole rings is 1. The van der Waals surface area contributed by atoms with Gasteiger partial charge in [0.25, 0.3) is 0 Å². The number of carbonyl (C=O) groups is 1. The minimum absolute atomic E-state index is 0.268. The molecule has 25 heavy (non-hydrogen) atoms. The molecule has 1 amide bonds. The summed E-state index contributed by atoms with van der Waals surface area (Å²) < 4.78 is 0. The average molecular weight is 357 g/mol. The summed E-state index contributed by atoms with van der Waals surface area (Å²) in [5.74, 6) is 1.16. The van der Waals surface area contributed by atoms with Crippen LogP contribution in [0.15, 0.2) is 17.5 Å². The van der Waals surface area contributed by atoms with Crippen molar-refractivity contribution in [3.63, 3.8) is 0 Å². The van der Waals surface area contributed by atoms with Crippen LogP contribution in [-0.2, 0) is 11.3 Å². The highest BCUT2D eigenvalue weighted by molar-refractivity contribution is 7.09. The van der Waals surface area contributed by atoms with Gasteiger partial charge in [-0.3, -0.25) is 4.79 Å². The average Bonchev–Trinajstić information content (AvgIpc) is 3.15. The van der Waals surface area contributed by atoms with E-state index in [2.05, 4.69) is 25.5 Å². The number of aryl methyl sites for hydroxylation is 2. The number of piperidine rings is 1. The number of aromatic nitrogens is 3. The van der Waals surface area contributed by atoms with Gasteiger partial charge in [0.1, 0.15) is 0 Å². The molecule has 1 spiro atoms. The molecule has 1 atom stereocenters. The quantitative estimate of drug-likeness (QED) is 0.845. The zero-order chi connectivity index (χ0) is 17.4. The number of hydrogen-bond donors (Lipinski definition) is 0. The molecular weight excluding hydrogens is 334 g/mol. The molecule has 0 saturated carbocycles. The Hall–Kier alpha value is -2.02. The highest BCUT2D eigenvalue weighted by Crippen LogP contribution is 2.41. The number of anilines is 1. The summed E-state index contributed by atoms with van der Waals surface area (Å²) >= 11 is 1.64. The van der Waals surface area contributed by atoms with E-state index >= 15 is 0 Å². The van der Waals surface area contributed by atoms with Gasteiger partial charge in [-0.25, -0.2) is 4.98 Å². The van der Waals surface area contributed by atoms with Crippen molar-refractivity contribution in [3.8, 4) is 0 Å². The number of hydrogen-bond acceptors (Lipinski definition) is 6. The summed E-state index contributed by atoms with van der Waals surface area (Å²) in [6, 6.07) is 3.99. The minimum atomic E-state index is -0.268. The van der Waals surface area contributed by atoms with Gasteiger partial charge in [0.2, 0.25) is 5.91 Å². The molecule has 2 fully saturated rings. The minimum Gasteiger partial charge on any atom is -0.354 e. The lowest BCUT2D eigenvalue weighted by Gasteiger charge is -2.39. The van der Waals surface area contributed by atoms with Gasteiger partial charge in [-0.2, -0.15) is 5.10 Å². The zero-order valence-electron chi connectivity index (χ0n) is 14.7. The van der Waals surface area contributed by atoms with E-state index in [0.29, 0.717) is 6.54 Å². The van der Waals surface area contributed by atoms with Gasteiger partial charge >= 0.3 is 0 Å². The van der Waals surface area contributed by atoms with Crippen molar-refractivity contribution in [2.45, 2.75) is 39.7 Å². The van der Waals surface area contributed by atoms with Crippen LogP contribution in [0.1, 0.15) is 35.7 Å². The van der Waals surface area contributed by atoms with Crippen molar-refractivity contribution >= 4 is 23.1 Å². The van der Waals surface area contributed by atoms with E-state index in [1.807, 2.05) is 30.9 Å². The summed E-state index contributed by atoms with van der Waals surface area (Å²) in [7, 11) is 0. The Morgan fingerprint density at radius 2 is 2.08 bits per heavy atom. The second-order valence-corrected chi connectivity index (χ2v) is 8.24. The molecule has 0 radical (unpaired) electrons. The van der Waals surface area contributed by atoms with Crippen LogP contribution in [0.5, 0.6) is 0 Å². The molecule has 132 valence electrons. The highest BCUT2D eigenvalue weighted by atomic mass is 32.1. The van der Waals surface area contributed by atoms with E-state index in [0.717, 1.165) is 61.1 Å². The van der Waals surface area contributed by atoms with Crippen LogP contribution < -0.4 is 4.90 Å². The molecule has 0 bridgehead atoms. The Kier molecular flexibility index (Phi) is 4.19. The SMILES string of the molecule is Cc1ccc(N2CCC[C@@]3(CCN(Cc4csc(C)n4)C3=O)C2)nn1. The number of likely N-dealkylation sites (tertiary alicyclic amines) is 1. The van der Waals surface area contributed by atoms with Crippen LogP contribution in [0, 0.1) is 19.3 Å². The van der Waals surface area contributed by atoms with Crippen molar-refractivity contribution in [2.75, 3.05) is 24.5 Å². The van der Waals surface area contributed by atoms with Crippen LogP contribution in [0.25, 0.3) is 0 Å². The molecule has 4 heterocycles. The maximum atomic E-state index is 13.2. The topological polar surface area (TPSA) is 62.2 Å². The van der Waals surface area contributed by atoms with Crippen LogP contribution in [0.2, 0.25) is 0 Å². The fraction of sp³-hybridized carbons (Fsp3) is 0.556. The Bertz CT molecular complexity index is 774. The Morgan fingerprint density at radius 1 is 1.20 bits per heavy atom. The number of nitrogens with zero attached hydrogens (tertiary/aromatic N) is 5. The second-order valence-electron chi connectivity index (χ2n) is 7.17. The van der Waals surface area contributed by atoms with Crippen molar-refractivity contribution in [1.29, 1.82) is 0 Å². The largest absolute Gasteiger partial charge is 0.354 e. The first-order chi connectivity index (χ1) is 12.1. The number of amides is 1. The van der Waals surface area contributed by atoms with Crippen LogP contribution in [0.3, 0.4) is 0 Å². The Morgan fingerprint density at radius 3 is 2.80 bits per heavy atom. The lowest BCUT2D eigenvalue weighted by molar-refractivity contribution is -0.137. The molecular formula is C18H23N5OS. The first-order valence-electron chi connectivity index (χ1n) is 8.81. The lowest BCUT2D eigenvalue weighted by atomic mass is 9.78. The third kappa shape index (κ3) is 3.13. The maximum Gasteiger partial charge on any atom is 0.231 e. The van der Waals surface area contributed by atoms with Gasteiger partial charge in [0.05, 0.1) is 28.4 Å². The Labute approximate surface area is 151 Å². The predicted octanol–water partition coefficient (Wildman–Crippen LogP) is 2.57. The van der Waals surface area contributed by atoms with Crippen molar-refractivity contribution < 1.29 is 4.79 Å². The maximum absolute atomic E-state index is 13.2. The van der Waals surface area contributed by atoms with Crippen molar-refractivity contribution in [1.82, 2.24) is 20.1 Å². The number of rotatable bonds is 3. The molecule has 0 aliphatic carbocycles. The zero-order valence-corrected chi connectivity index (χ0v) is 15.6. The third-order valence-corrected chi connectivity index (χ3v) is 6.13. The molecule has 7 heteroatoms. The molecule has 2 saturated heterocycles. The van der Waals surface area contributed by atoms with Crippen LogP contribution in [0.4, 0.5) is 5.82 Å². The molecule has 0 aromatic carbocycles. The van der Waals surface area contributed by atoms with Gasteiger partial charge in [0, 0.05) is 25.0 Å². The van der Waals surface area contributed by atoms with Gasteiger partial charge in [-0.1, -0.05) is 0 Å². The molecule has 2 aromatic heterocycles. The van der Waals surface area contributed by atoms with E-state index in [1.54, 1.807) is 11.3 Å². The van der Waals surface area contributed by atoms with Gasteiger partial charge < -0.3 is 9.80 Å². The van der Waals surface area contributed by atoms with Crippen molar-refractivity contribution in [3.05, 3.63) is 33.9 Å². The van der Waals surface area contributed by atoms with Crippen molar-refractivity contribution in [2.24, 2.45) is 5.41 Å². The molecule has 6 nitrogen and oxygen atoms in total. The first kappa shape index (κ1) is 16.4. The second kappa shape index (κ2) is 6.37. The van der Waals surface area contributed by atoms with E-state index in [-0.39, 0.29) is 11.3 Å². The van der Waals surface area contributed by atoms with Gasteiger partial charge in [0.15, 0.2) is 5.82 Å². The standard InChI is InChI=1S/C18H23N5OS/c1-13-4-5-16(21-20-13)23-8-3-6-18(12-23)7-9-22(17(18)24)10-15-11-25-14(2)19-15/h4-5,11H,3,6-10,12H2,1-2H3/t18-/m1/s1. The fourth-order valence-corrected chi connectivity index (χ4v) is 4.59. The third-order valence-electron chi connectivity index (χ3n) is 5.31. The van der Waals surface area contributed by atoms with Gasteiger partial charge in [-0.05, 0) is 45.2 Å². The fourth-order valence-electron chi connectivity index (χ4n) is 3.99. The molecule has 4 rings (SSSR count). The normalized spacial score (nSPS) is 23.7. The smallest absolute Gasteiger partial charge is 0.231 e. The van der Waals surface area contributed by atoms with Gasteiger partial charge in [-0.15, -0.1) is 16.4 Å². The molecule has 0 unspecified atom stereocenters. The molecule has 2 aliphatic heterocycles. The van der Waals surface area contributed by atoms with Crippen LogP contribution in [-0.4, -0.2) is 45.6 Å². The molecule has 2 aromatic rings. The Balaban J connectivity index is 1.49. The molecule has 0 N–H and O–H groups in total. The van der Waals surface area contributed by atoms with E-state index in [4.69, 9.17) is 0 Å². The number of carbonyl (C=O) groups excluding carboxylic acids is 1. The summed E-state index contributed by atoms with van der Waals surface area (Å²) in [6.45, 7) is 7.09. The summed E-state index contributed by atoms with van der Waals surface area (Å²) in [6.07, 6.45) is 2.91. The van der Waals surface area contributed by atoms with E-state index < -0.39 is 0 Å². The monoisotopic (exact) mass is 357 g/mol. The highest BCUT2D eigenvalue weighted by Gasteiger charge is 2.49. The van der Waals surface area contributed by atoms with Crippen LogP contribution >= 0.6 is 11.3 Å². The van der Waals surface area contributed by atoms with E-state index in [9.17, 15) is 4.79 Å². The first-order valence-corrected chi connectivity index (χ1v) is 9.69. The van der Waals surface area contributed by atoms with E-state index in [1.165, 1.54) is 0 Å². The summed E-state index contributed by atoms with van der Waals surface area (Å²) in [5, 5.41) is 11.6.